The van der Waals surface area contributed by atoms with Crippen LogP contribution in [0.1, 0.15) is 26.2 Å². The molecule has 0 amide bonds. The zero-order valence-corrected chi connectivity index (χ0v) is 7.01. The van der Waals surface area contributed by atoms with E-state index in [1.54, 1.807) is 0 Å². The Kier molecular flexibility index (Phi) is 2.69. The van der Waals surface area contributed by atoms with E-state index >= 15 is 0 Å². The van der Waals surface area contributed by atoms with Crippen LogP contribution in [0.4, 0.5) is 0 Å². The van der Waals surface area contributed by atoms with Crippen molar-refractivity contribution in [3.05, 3.63) is 0 Å². The maximum absolute atomic E-state index is 5.80. The van der Waals surface area contributed by atoms with Crippen LogP contribution in [0.3, 0.4) is 0 Å². The molecule has 1 saturated heterocycles. The largest absolute Gasteiger partial charge is 0.327 e. The molecule has 1 rings (SSSR count). The summed E-state index contributed by atoms with van der Waals surface area (Å²) in [7, 11) is 2.17. The molecule has 0 aliphatic carbocycles. The minimum atomic E-state index is 0.424. The first-order valence-electron chi connectivity index (χ1n) is 4.20. The van der Waals surface area contributed by atoms with E-state index in [-0.39, 0.29) is 0 Å². The van der Waals surface area contributed by atoms with Crippen LogP contribution in [0.5, 0.6) is 0 Å². The van der Waals surface area contributed by atoms with Gasteiger partial charge in [0, 0.05) is 18.6 Å². The lowest BCUT2D eigenvalue weighted by Crippen LogP contribution is -2.46. The van der Waals surface area contributed by atoms with Gasteiger partial charge in [-0.05, 0) is 26.3 Å². The maximum atomic E-state index is 5.80. The second-order valence-electron chi connectivity index (χ2n) is 3.34. The summed E-state index contributed by atoms with van der Waals surface area (Å²) in [5, 5.41) is 0. The molecule has 0 saturated carbocycles. The molecule has 2 atom stereocenters. The van der Waals surface area contributed by atoms with Crippen LogP contribution >= 0.6 is 0 Å². The van der Waals surface area contributed by atoms with Crippen LogP contribution in [0, 0.1) is 0 Å². The molecule has 0 spiro atoms. The lowest BCUT2D eigenvalue weighted by molar-refractivity contribution is 0.164. The van der Waals surface area contributed by atoms with E-state index < -0.39 is 0 Å². The van der Waals surface area contributed by atoms with Gasteiger partial charge < -0.3 is 10.6 Å². The van der Waals surface area contributed by atoms with Crippen molar-refractivity contribution in [2.45, 2.75) is 38.3 Å². The fraction of sp³-hybridized carbons (Fsp3) is 1.00. The van der Waals surface area contributed by atoms with Gasteiger partial charge in [0.25, 0.3) is 0 Å². The van der Waals surface area contributed by atoms with Gasteiger partial charge in [0.15, 0.2) is 0 Å². The molecule has 0 radical (unpaired) electrons. The number of likely N-dealkylation sites (N-methyl/N-ethyl adjacent to an activating group) is 1. The Labute approximate surface area is 63.4 Å². The number of rotatable bonds is 1. The second kappa shape index (κ2) is 3.35. The van der Waals surface area contributed by atoms with Gasteiger partial charge in [-0.2, -0.15) is 0 Å². The van der Waals surface area contributed by atoms with Crippen molar-refractivity contribution in [2.75, 3.05) is 13.6 Å². The first-order valence-corrected chi connectivity index (χ1v) is 4.20. The van der Waals surface area contributed by atoms with Crippen LogP contribution in [-0.2, 0) is 0 Å². The molecule has 0 aromatic rings. The van der Waals surface area contributed by atoms with Gasteiger partial charge in [-0.25, -0.2) is 0 Å². The third-order valence-electron chi connectivity index (χ3n) is 2.49. The average Bonchev–Trinajstić information content (AvgIpc) is 1.88. The van der Waals surface area contributed by atoms with Gasteiger partial charge in [0.2, 0.25) is 0 Å². The number of nitrogens with zero attached hydrogens (tertiary/aromatic N) is 1. The Hall–Kier alpha value is -0.0800. The van der Waals surface area contributed by atoms with Crippen molar-refractivity contribution in [3.63, 3.8) is 0 Å². The van der Waals surface area contributed by atoms with E-state index in [1.807, 2.05) is 0 Å². The van der Waals surface area contributed by atoms with E-state index in [0.29, 0.717) is 6.04 Å². The highest BCUT2D eigenvalue weighted by atomic mass is 15.1. The zero-order chi connectivity index (χ0) is 7.56. The zero-order valence-electron chi connectivity index (χ0n) is 7.01. The molecule has 2 N–H and O–H groups in total. The predicted molar refractivity (Wildman–Crippen MR) is 43.9 cm³/mol. The first-order chi connectivity index (χ1) is 4.74. The van der Waals surface area contributed by atoms with E-state index in [0.717, 1.165) is 12.6 Å². The van der Waals surface area contributed by atoms with Gasteiger partial charge in [0.05, 0.1) is 0 Å². The van der Waals surface area contributed by atoms with E-state index in [9.17, 15) is 0 Å². The predicted octanol–water partition coefficient (Wildman–Crippen LogP) is 0.818. The standard InChI is InChI=1S/C8H18N2/c1-3-8-5-4-7(9)6-10(8)2/h7-8H,3-6,9H2,1-2H3/t7-,8+/m0/s1. The molecule has 10 heavy (non-hydrogen) atoms. The molecule has 1 aliphatic rings. The highest BCUT2D eigenvalue weighted by molar-refractivity contribution is 4.79. The molecule has 2 nitrogen and oxygen atoms in total. The summed E-state index contributed by atoms with van der Waals surface area (Å²) >= 11 is 0. The van der Waals surface area contributed by atoms with Crippen molar-refractivity contribution in [1.82, 2.24) is 4.90 Å². The van der Waals surface area contributed by atoms with E-state index in [1.165, 1.54) is 19.3 Å². The lowest BCUT2D eigenvalue weighted by atomic mass is 9.98. The van der Waals surface area contributed by atoms with Crippen molar-refractivity contribution in [2.24, 2.45) is 5.73 Å². The molecule has 0 unspecified atom stereocenters. The molecule has 0 aromatic heterocycles. The highest BCUT2D eigenvalue weighted by Crippen LogP contribution is 2.16. The summed E-state index contributed by atoms with van der Waals surface area (Å²) in [6, 6.07) is 1.22. The van der Waals surface area contributed by atoms with Crippen LogP contribution in [0.25, 0.3) is 0 Å². The van der Waals surface area contributed by atoms with E-state index in [4.69, 9.17) is 5.73 Å². The van der Waals surface area contributed by atoms with Gasteiger partial charge in [-0.15, -0.1) is 0 Å². The Morgan fingerprint density at radius 1 is 1.50 bits per heavy atom. The van der Waals surface area contributed by atoms with Crippen molar-refractivity contribution in [1.29, 1.82) is 0 Å². The minimum absolute atomic E-state index is 0.424. The summed E-state index contributed by atoms with van der Waals surface area (Å²) in [6.07, 6.45) is 3.76. The third-order valence-corrected chi connectivity index (χ3v) is 2.49. The highest BCUT2D eigenvalue weighted by Gasteiger charge is 2.21. The fourth-order valence-electron chi connectivity index (χ4n) is 1.75. The van der Waals surface area contributed by atoms with Crippen molar-refractivity contribution < 1.29 is 0 Å². The second-order valence-corrected chi connectivity index (χ2v) is 3.34. The molecule has 60 valence electrons. The lowest BCUT2D eigenvalue weighted by Gasteiger charge is -2.35. The topological polar surface area (TPSA) is 29.3 Å². The van der Waals surface area contributed by atoms with Crippen LogP contribution in [-0.4, -0.2) is 30.6 Å². The fourth-order valence-corrected chi connectivity index (χ4v) is 1.75. The van der Waals surface area contributed by atoms with Crippen LogP contribution < -0.4 is 5.73 Å². The molecular formula is C8H18N2. The smallest absolute Gasteiger partial charge is 0.0168 e. The van der Waals surface area contributed by atoms with Gasteiger partial charge in [-0.1, -0.05) is 6.92 Å². The SMILES string of the molecule is CC[C@@H]1CC[C@H](N)CN1C. The molecule has 0 aromatic carbocycles. The number of likely N-dealkylation sites (tertiary alicyclic amines) is 1. The number of nitrogens with two attached hydrogens (primary N) is 1. The Balaban J connectivity index is 2.36. The summed E-state index contributed by atoms with van der Waals surface area (Å²) in [6.45, 7) is 3.33. The maximum Gasteiger partial charge on any atom is 0.0168 e. The molecule has 2 heteroatoms. The average molecular weight is 142 g/mol. The van der Waals surface area contributed by atoms with Crippen LogP contribution in [0.15, 0.2) is 0 Å². The van der Waals surface area contributed by atoms with E-state index in [2.05, 4.69) is 18.9 Å². The summed E-state index contributed by atoms with van der Waals surface area (Å²) in [5.41, 5.74) is 5.80. The quantitative estimate of drug-likeness (QED) is 0.587. The number of hydrogen-bond acceptors (Lipinski definition) is 2. The normalized spacial score (nSPS) is 36.3. The Morgan fingerprint density at radius 3 is 2.70 bits per heavy atom. The number of hydrogen-bond donors (Lipinski definition) is 1. The summed E-state index contributed by atoms with van der Waals surface area (Å²) < 4.78 is 0. The molecule has 1 aliphatic heterocycles. The van der Waals surface area contributed by atoms with Gasteiger partial charge in [0.1, 0.15) is 0 Å². The summed E-state index contributed by atoms with van der Waals surface area (Å²) in [4.78, 5) is 2.38. The van der Waals surface area contributed by atoms with Crippen molar-refractivity contribution in [3.8, 4) is 0 Å². The molecule has 1 fully saturated rings. The van der Waals surface area contributed by atoms with Gasteiger partial charge in [-0.3, -0.25) is 0 Å². The molecule has 1 heterocycles. The van der Waals surface area contributed by atoms with Crippen LogP contribution in [0.2, 0.25) is 0 Å². The first kappa shape index (κ1) is 8.02. The third kappa shape index (κ3) is 1.70. The molecule has 0 bridgehead atoms. The van der Waals surface area contributed by atoms with Gasteiger partial charge >= 0.3 is 0 Å². The Morgan fingerprint density at radius 2 is 2.20 bits per heavy atom. The number of piperidine rings is 1. The molecular weight excluding hydrogens is 124 g/mol. The minimum Gasteiger partial charge on any atom is -0.327 e. The summed E-state index contributed by atoms with van der Waals surface area (Å²) in [5.74, 6) is 0. The van der Waals surface area contributed by atoms with Crippen molar-refractivity contribution >= 4 is 0 Å². The Bertz CT molecular complexity index is 103. The monoisotopic (exact) mass is 142 g/mol.